The molecule has 0 aliphatic rings. The maximum absolute atomic E-state index is 5.87. The van der Waals surface area contributed by atoms with E-state index >= 15 is 0 Å². The van der Waals surface area contributed by atoms with Crippen LogP contribution in [0.15, 0.2) is 23.7 Å². The van der Waals surface area contributed by atoms with Gasteiger partial charge in [0.2, 0.25) is 0 Å². The van der Waals surface area contributed by atoms with Gasteiger partial charge in [0.1, 0.15) is 10.8 Å². The van der Waals surface area contributed by atoms with E-state index in [-0.39, 0.29) is 0 Å². The highest BCUT2D eigenvalue weighted by molar-refractivity contribution is 7.13. The van der Waals surface area contributed by atoms with E-state index in [1.54, 1.807) is 11.3 Å². The van der Waals surface area contributed by atoms with Crippen LogP contribution in [-0.2, 0) is 0 Å². The first kappa shape index (κ1) is 8.94. The molecule has 0 radical (unpaired) electrons. The molecule has 0 aliphatic heterocycles. The van der Waals surface area contributed by atoms with E-state index in [0.29, 0.717) is 16.0 Å². The zero-order valence-corrected chi connectivity index (χ0v) is 8.70. The van der Waals surface area contributed by atoms with Gasteiger partial charge in [-0.2, -0.15) is 0 Å². The van der Waals surface area contributed by atoms with E-state index in [0.717, 1.165) is 4.88 Å². The highest BCUT2D eigenvalue weighted by atomic mass is 35.5. The Kier molecular flexibility index (Phi) is 2.49. The summed E-state index contributed by atoms with van der Waals surface area (Å²) in [5.74, 6) is 0. The summed E-state index contributed by atoms with van der Waals surface area (Å²) in [6.07, 6.45) is 1.49. The Hall–Kier alpha value is -0.640. The Bertz CT molecular complexity index is 414. The monoisotopic (exact) mass is 230 g/mol. The maximum Gasteiger partial charge on any atom is 0.157 e. The first-order valence-corrected chi connectivity index (χ1v) is 5.13. The molecule has 0 bridgehead atoms. The zero-order chi connectivity index (χ0) is 9.26. The van der Waals surface area contributed by atoms with E-state index in [1.165, 1.54) is 6.20 Å². The highest BCUT2D eigenvalue weighted by Crippen LogP contribution is 2.28. The normalized spacial score (nSPS) is 10.3. The number of halogens is 2. The molecule has 2 aromatic heterocycles. The van der Waals surface area contributed by atoms with Crippen molar-refractivity contribution < 1.29 is 0 Å². The second-order valence-electron chi connectivity index (χ2n) is 2.31. The van der Waals surface area contributed by atoms with E-state index in [9.17, 15) is 0 Å². The van der Waals surface area contributed by atoms with Crippen LogP contribution in [0.2, 0.25) is 10.3 Å². The maximum atomic E-state index is 5.87. The predicted molar refractivity (Wildman–Crippen MR) is 55.4 cm³/mol. The Morgan fingerprint density at radius 3 is 2.77 bits per heavy atom. The lowest BCUT2D eigenvalue weighted by atomic mass is 10.4. The Balaban J connectivity index is 2.53. The molecule has 0 saturated heterocycles. The number of rotatable bonds is 1. The molecule has 0 fully saturated rings. The Morgan fingerprint density at radius 1 is 1.31 bits per heavy atom. The van der Waals surface area contributed by atoms with Crippen LogP contribution in [0.4, 0.5) is 0 Å². The van der Waals surface area contributed by atoms with Gasteiger partial charge in [0.25, 0.3) is 0 Å². The number of aromatic nitrogens is 2. The fourth-order valence-corrected chi connectivity index (χ4v) is 2.12. The minimum absolute atomic E-state index is 0.310. The Morgan fingerprint density at radius 2 is 2.15 bits per heavy atom. The van der Waals surface area contributed by atoms with Gasteiger partial charge in [-0.05, 0) is 11.4 Å². The summed E-state index contributed by atoms with van der Waals surface area (Å²) in [5, 5.41) is 2.61. The van der Waals surface area contributed by atoms with Gasteiger partial charge in [-0.3, -0.25) is 0 Å². The second kappa shape index (κ2) is 3.62. The molecule has 0 N–H and O–H groups in total. The van der Waals surface area contributed by atoms with E-state index in [1.807, 2.05) is 17.5 Å². The van der Waals surface area contributed by atoms with Gasteiger partial charge in [0, 0.05) is 0 Å². The third-order valence-corrected chi connectivity index (χ3v) is 2.78. The molecular weight excluding hydrogens is 227 g/mol. The number of thiophene rings is 1. The summed E-state index contributed by atoms with van der Waals surface area (Å²) < 4.78 is 0. The first-order valence-electron chi connectivity index (χ1n) is 3.49. The first-order chi connectivity index (χ1) is 6.27. The molecular formula is C8H4Cl2N2S. The molecule has 0 unspecified atom stereocenters. The van der Waals surface area contributed by atoms with Crippen LogP contribution in [0, 0.1) is 0 Å². The molecule has 2 rings (SSSR count). The molecule has 2 nitrogen and oxygen atoms in total. The van der Waals surface area contributed by atoms with E-state index < -0.39 is 0 Å². The predicted octanol–water partition coefficient (Wildman–Crippen LogP) is 3.51. The van der Waals surface area contributed by atoms with Crippen molar-refractivity contribution in [2.24, 2.45) is 0 Å². The molecule has 0 aliphatic carbocycles. The molecule has 5 heteroatoms. The average Bonchev–Trinajstić information content (AvgIpc) is 2.56. The lowest BCUT2D eigenvalue weighted by molar-refractivity contribution is 1.21. The van der Waals surface area contributed by atoms with Gasteiger partial charge in [-0.25, -0.2) is 9.97 Å². The summed E-state index contributed by atoms with van der Waals surface area (Å²) in [6, 6.07) is 3.88. The van der Waals surface area contributed by atoms with Gasteiger partial charge in [-0.15, -0.1) is 11.3 Å². The van der Waals surface area contributed by atoms with Crippen molar-refractivity contribution in [3.63, 3.8) is 0 Å². The van der Waals surface area contributed by atoms with Crippen LogP contribution in [-0.4, -0.2) is 9.97 Å². The van der Waals surface area contributed by atoms with Crippen LogP contribution < -0.4 is 0 Å². The van der Waals surface area contributed by atoms with Crippen molar-refractivity contribution in [2.45, 2.75) is 0 Å². The molecule has 0 spiro atoms. The molecule has 0 atom stereocenters. The largest absolute Gasteiger partial charge is 0.249 e. The summed E-state index contributed by atoms with van der Waals surface area (Å²) in [7, 11) is 0. The molecule has 0 amide bonds. The molecule has 0 saturated carbocycles. The van der Waals surface area contributed by atoms with Crippen molar-refractivity contribution in [3.05, 3.63) is 34.0 Å². The van der Waals surface area contributed by atoms with Gasteiger partial charge in [0.05, 0.1) is 11.1 Å². The SMILES string of the molecule is Clc1cnc(-c2cccs2)c(Cl)n1. The van der Waals surface area contributed by atoms with Crippen molar-refractivity contribution in [1.29, 1.82) is 0 Å². The third-order valence-electron chi connectivity index (χ3n) is 1.46. The molecule has 66 valence electrons. The second-order valence-corrected chi connectivity index (χ2v) is 4.00. The average molecular weight is 231 g/mol. The molecule has 2 heterocycles. The molecule has 2 aromatic rings. The molecule has 13 heavy (non-hydrogen) atoms. The summed E-state index contributed by atoms with van der Waals surface area (Å²) in [4.78, 5) is 9.00. The fourth-order valence-electron chi connectivity index (χ4n) is 0.925. The lowest BCUT2D eigenvalue weighted by Crippen LogP contribution is -1.85. The van der Waals surface area contributed by atoms with Crippen molar-refractivity contribution >= 4 is 34.5 Å². The van der Waals surface area contributed by atoms with Crippen LogP contribution >= 0.6 is 34.5 Å². The van der Waals surface area contributed by atoms with Crippen molar-refractivity contribution in [3.8, 4) is 10.6 Å². The fraction of sp³-hybridized carbons (Fsp3) is 0. The Labute approximate surface area is 89.2 Å². The molecule has 0 aromatic carbocycles. The van der Waals surface area contributed by atoms with Crippen LogP contribution in [0.5, 0.6) is 0 Å². The number of hydrogen-bond acceptors (Lipinski definition) is 3. The topological polar surface area (TPSA) is 25.8 Å². The van der Waals surface area contributed by atoms with Crippen molar-refractivity contribution in [1.82, 2.24) is 9.97 Å². The van der Waals surface area contributed by atoms with Crippen LogP contribution in [0.25, 0.3) is 10.6 Å². The summed E-state index contributed by atoms with van der Waals surface area (Å²) in [5.41, 5.74) is 0.682. The summed E-state index contributed by atoms with van der Waals surface area (Å²) >= 11 is 13.1. The standard InChI is InChI=1S/C8H4Cl2N2S/c9-6-4-11-7(8(10)12-6)5-2-1-3-13-5/h1-4H. The van der Waals surface area contributed by atoms with E-state index in [2.05, 4.69) is 9.97 Å². The minimum atomic E-state index is 0.310. The van der Waals surface area contributed by atoms with Gasteiger partial charge in [0.15, 0.2) is 5.15 Å². The highest BCUT2D eigenvalue weighted by Gasteiger charge is 2.07. The minimum Gasteiger partial charge on any atom is -0.249 e. The van der Waals surface area contributed by atoms with Gasteiger partial charge in [-0.1, -0.05) is 29.3 Å². The van der Waals surface area contributed by atoms with Gasteiger partial charge < -0.3 is 0 Å². The lowest BCUT2D eigenvalue weighted by Gasteiger charge is -1.98. The quantitative estimate of drug-likeness (QED) is 0.750. The smallest absolute Gasteiger partial charge is 0.157 e. The third kappa shape index (κ3) is 1.82. The van der Waals surface area contributed by atoms with Crippen LogP contribution in [0.3, 0.4) is 0 Å². The number of nitrogens with zero attached hydrogens (tertiary/aromatic N) is 2. The van der Waals surface area contributed by atoms with Crippen LogP contribution in [0.1, 0.15) is 0 Å². The van der Waals surface area contributed by atoms with Gasteiger partial charge >= 0.3 is 0 Å². The van der Waals surface area contributed by atoms with Crippen molar-refractivity contribution in [2.75, 3.05) is 0 Å². The summed E-state index contributed by atoms with van der Waals surface area (Å²) in [6.45, 7) is 0. The zero-order valence-electron chi connectivity index (χ0n) is 6.37. The number of hydrogen-bond donors (Lipinski definition) is 0. The van der Waals surface area contributed by atoms with E-state index in [4.69, 9.17) is 23.2 Å².